The summed E-state index contributed by atoms with van der Waals surface area (Å²) >= 11 is 1.78. The smallest absolute Gasteiger partial charge is 0.271 e. The monoisotopic (exact) mass is 290 g/mol. The van der Waals surface area contributed by atoms with E-state index in [1.165, 1.54) is 10.4 Å². The molecule has 1 aliphatic carbocycles. The van der Waals surface area contributed by atoms with Crippen LogP contribution in [0.25, 0.3) is 0 Å². The van der Waals surface area contributed by atoms with Gasteiger partial charge in [-0.05, 0) is 36.3 Å². The molecule has 3 N–H and O–H groups in total. The van der Waals surface area contributed by atoms with Crippen molar-refractivity contribution < 1.29 is 4.79 Å². The normalized spacial score (nSPS) is 17.8. The summed E-state index contributed by atoms with van der Waals surface area (Å²) in [5.41, 5.74) is 7.22. The zero-order valence-corrected chi connectivity index (χ0v) is 12.0. The molecule has 106 valence electrons. The second-order valence-corrected chi connectivity index (χ2v) is 6.00. The van der Waals surface area contributed by atoms with Gasteiger partial charge < -0.3 is 15.6 Å². The first kappa shape index (κ1) is 13.3. The number of nitrogens with two attached hydrogens (primary N) is 1. The Kier molecular flexibility index (Phi) is 3.84. The van der Waals surface area contributed by atoms with Crippen LogP contribution in [0.3, 0.4) is 0 Å². The van der Waals surface area contributed by atoms with Crippen LogP contribution in [0.4, 0.5) is 0 Å². The van der Waals surface area contributed by atoms with Crippen LogP contribution in [0.5, 0.6) is 0 Å². The SMILES string of the molecule is NCCn1cnc(C(=O)NC2CCCc3sccc32)c1. The van der Waals surface area contributed by atoms with E-state index in [2.05, 4.69) is 21.7 Å². The van der Waals surface area contributed by atoms with Gasteiger partial charge in [0.05, 0.1) is 12.4 Å². The summed E-state index contributed by atoms with van der Waals surface area (Å²) in [7, 11) is 0. The molecule has 0 aliphatic heterocycles. The standard InChI is InChI=1S/C14H18N4OS/c15-5-6-18-8-12(16-9-18)14(19)17-11-2-1-3-13-10(11)4-7-20-13/h4,7-9,11H,1-3,5-6,15H2,(H,17,19). The molecule has 2 aromatic heterocycles. The number of aryl methyl sites for hydroxylation is 1. The first-order valence-corrected chi connectivity index (χ1v) is 7.75. The zero-order chi connectivity index (χ0) is 13.9. The summed E-state index contributed by atoms with van der Waals surface area (Å²) in [5, 5.41) is 5.20. The van der Waals surface area contributed by atoms with Gasteiger partial charge in [-0.3, -0.25) is 4.79 Å². The summed E-state index contributed by atoms with van der Waals surface area (Å²) in [6.45, 7) is 1.22. The molecule has 0 aromatic carbocycles. The van der Waals surface area contributed by atoms with Gasteiger partial charge in [0.15, 0.2) is 0 Å². The lowest BCUT2D eigenvalue weighted by molar-refractivity contribution is 0.0928. The van der Waals surface area contributed by atoms with Crippen LogP contribution in [0, 0.1) is 0 Å². The fourth-order valence-electron chi connectivity index (χ4n) is 2.62. The van der Waals surface area contributed by atoms with E-state index in [4.69, 9.17) is 5.73 Å². The summed E-state index contributed by atoms with van der Waals surface area (Å²) in [4.78, 5) is 17.8. The molecule has 1 atom stereocenters. The molecule has 2 heterocycles. The number of fused-ring (bicyclic) bond motifs is 1. The van der Waals surface area contributed by atoms with E-state index in [0.717, 1.165) is 19.3 Å². The molecule has 5 nitrogen and oxygen atoms in total. The predicted octanol–water partition coefficient (Wildman–Crippen LogP) is 1.71. The highest BCUT2D eigenvalue weighted by Gasteiger charge is 2.23. The van der Waals surface area contributed by atoms with E-state index in [1.54, 1.807) is 23.9 Å². The van der Waals surface area contributed by atoms with Gasteiger partial charge in [0, 0.05) is 24.2 Å². The second kappa shape index (κ2) is 5.76. The molecule has 20 heavy (non-hydrogen) atoms. The Morgan fingerprint density at radius 2 is 2.50 bits per heavy atom. The molecule has 0 radical (unpaired) electrons. The number of carbonyl (C=O) groups excluding carboxylic acids is 1. The molecule has 0 bridgehead atoms. The lowest BCUT2D eigenvalue weighted by Crippen LogP contribution is -2.30. The molecule has 6 heteroatoms. The quantitative estimate of drug-likeness (QED) is 0.900. The minimum atomic E-state index is -0.107. The summed E-state index contributed by atoms with van der Waals surface area (Å²) < 4.78 is 1.84. The van der Waals surface area contributed by atoms with Gasteiger partial charge in [-0.25, -0.2) is 4.98 Å². The number of aromatic nitrogens is 2. The fourth-order valence-corrected chi connectivity index (χ4v) is 3.60. The maximum absolute atomic E-state index is 12.2. The number of rotatable bonds is 4. The van der Waals surface area contributed by atoms with Gasteiger partial charge in [-0.15, -0.1) is 11.3 Å². The Morgan fingerprint density at radius 3 is 3.35 bits per heavy atom. The van der Waals surface area contributed by atoms with Crippen LogP contribution in [0.1, 0.15) is 39.8 Å². The minimum Gasteiger partial charge on any atom is -0.344 e. The maximum atomic E-state index is 12.2. The molecule has 3 rings (SSSR count). The molecule has 0 spiro atoms. The third kappa shape index (κ3) is 2.62. The van der Waals surface area contributed by atoms with Crippen LogP contribution >= 0.6 is 11.3 Å². The van der Waals surface area contributed by atoms with Crippen molar-refractivity contribution in [1.29, 1.82) is 0 Å². The van der Waals surface area contributed by atoms with Gasteiger partial charge in [0.25, 0.3) is 5.91 Å². The summed E-state index contributed by atoms with van der Waals surface area (Å²) in [5.74, 6) is -0.107. The maximum Gasteiger partial charge on any atom is 0.271 e. The van der Waals surface area contributed by atoms with Gasteiger partial charge in [-0.1, -0.05) is 0 Å². The zero-order valence-electron chi connectivity index (χ0n) is 11.2. The van der Waals surface area contributed by atoms with Gasteiger partial charge in [-0.2, -0.15) is 0 Å². The van der Waals surface area contributed by atoms with Gasteiger partial charge >= 0.3 is 0 Å². The molecular weight excluding hydrogens is 272 g/mol. The third-order valence-corrected chi connectivity index (χ3v) is 4.61. The second-order valence-electron chi connectivity index (χ2n) is 5.00. The first-order chi connectivity index (χ1) is 9.78. The molecule has 0 fully saturated rings. The highest BCUT2D eigenvalue weighted by Crippen LogP contribution is 2.33. The van der Waals surface area contributed by atoms with E-state index < -0.39 is 0 Å². The Bertz CT molecular complexity index is 604. The van der Waals surface area contributed by atoms with E-state index >= 15 is 0 Å². The van der Waals surface area contributed by atoms with Gasteiger partial charge in [0.1, 0.15) is 5.69 Å². The van der Waals surface area contributed by atoms with Crippen LogP contribution in [0.15, 0.2) is 24.0 Å². The molecule has 0 saturated carbocycles. The molecule has 2 aromatic rings. The highest BCUT2D eigenvalue weighted by atomic mass is 32.1. The lowest BCUT2D eigenvalue weighted by atomic mass is 9.94. The number of thiophene rings is 1. The number of nitrogens with one attached hydrogen (secondary N) is 1. The van der Waals surface area contributed by atoms with Crippen LogP contribution in [-0.4, -0.2) is 22.0 Å². The van der Waals surface area contributed by atoms with Crippen molar-refractivity contribution in [2.75, 3.05) is 6.54 Å². The van der Waals surface area contributed by atoms with Crippen LogP contribution < -0.4 is 11.1 Å². The topological polar surface area (TPSA) is 72.9 Å². The molecular formula is C14H18N4OS. The Labute approximate surface area is 121 Å². The molecule has 1 aliphatic rings. The van der Waals surface area contributed by atoms with Crippen molar-refractivity contribution >= 4 is 17.2 Å². The Morgan fingerprint density at radius 1 is 1.60 bits per heavy atom. The third-order valence-electron chi connectivity index (χ3n) is 3.61. The average Bonchev–Trinajstić information content (AvgIpc) is 3.08. The summed E-state index contributed by atoms with van der Waals surface area (Å²) in [6.07, 6.45) is 6.65. The number of imidazole rings is 1. The molecule has 1 unspecified atom stereocenters. The minimum absolute atomic E-state index is 0.107. The predicted molar refractivity (Wildman–Crippen MR) is 78.7 cm³/mol. The Hall–Kier alpha value is -1.66. The Balaban J connectivity index is 1.70. The van der Waals surface area contributed by atoms with E-state index in [1.807, 2.05) is 4.57 Å². The lowest BCUT2D eigenvalue weighted by Gasteiger charge is -2.23. The van der Waals surface area contributed by atoms with Crippen LogP contribution in [-0.2, 0) is 13.0 Å². The fraction of sp³-hybridized carbons (Fsp3) is 0.429. The number of amides is 1. The van der Waals surface area contributed by atoms with E-state index in [9.17, 15) is 4.79 Å². The molecule has 0 saturated heterocycles. The van der Waals surface area contributed by atoms with Crippen molar-refractivity contribution in [3.8, 4) is 0 Å². The first-order valence-electron chi connectivity index (χ1n) is 6.87. The number of hydrogen-bond donors (Lipinski definition) is 2. The number of hydrogen-bond acceptors (Lipinski definition) is 4. The van der Waals surface area contributed by atoms with Crippen molar-refractivity contribution in [2.45, 2.75) is 31.8 Å². The van der Waals surface area contributed by atoms with Gasteiger partial charge in [0.2, 0.25) is 0 Å². The average molecular weight is 290 g/mol. The van der Waals surface area contributed by atoms with Crippen LogP contribution in [0.2, 0.25) is 0 Å². The highest BCUT2D eigenvalue weighted by molar-refractivity contribution is 7.10. The summed E-state index contributed by atoms with van der Waals surface area (Å²) in [6, 6.07) is 2.24. The number of nitrogens with zero attached hydrogens (tertiary/aromatic N) is 2. The van der Waals surface area contributed by atoms with E-state index in [-0.39, 0.29) is 11.9 Å². The van der Waals surface area contributed by atoms with Crippen molar-refractivity contribution in [3.05, 3.63) is 40.1 Å². The van der Waals surface area contributed by atoms with Crippen molar-refractivity contribution in [3.63, 3.8) is 0 Å². The largest absolute Gasteiger partial charge is 0.344 e. The van der Waals surface area contributed by atoms with Crippen molar-refractivity contribution in [2.24, 2.45) is 5.73 Å². The van der Waals surface area contributed by atoms with Crippen molar-refractivity contribution in [1.82, 2.24) is 14.9 Å². The van der Waals surface area contributed by atoms with E-state index in [0.29, 0.717) is 18.8 Å². The number of carbonyl (C=O) groups is 1. The molecule has 1 amide bonds.